The lowest BCUT2D eigenvalue weighted by molar-refractivity contribution is -0.135. The van der Waals surface area contributed by atoms with Crippen molar-refractivity contribution in [3.05, 3.63) is 58.2 Å². The third-order valence-electron chi connectivity index (χ3n) is 4.56. The maximum atomic E-state index is 12.6. The fraction of sp³-hybridized carbons (Fsp3) is 0.333. The minimum absolute atomic E-state index is 0.0185. The zero-order valence-electron chi connectivity index (χ0n) is 15.1. The van der Waals surface area contributed by atoms with Gasteiger partial charge in [-0.25, -0.2) is 0 Å². The van der Waals surface area contributed by atoms with Crippen LogP contribution in [0.2, 0.25) is 0 Å². The van der Waals surface area contributed by atoms with Crippen LogP contribution in [0.5, 0.6) is 5.75 Å². The maximum absolute atomic E-state index is 12.6. The molecule has 0 aliphatic carbocycles. The molecule has 2 aromatic carbocycles. The first kappa shape index (κ1) is 19.7. The fourth-order valence-corrected chi connectivity index (χ4v) is 3.70. The molecule has 3 rings (SSSR count). The normalized spacial score (nSPS) is 16.6. The SMILES string of the molecule is O=C(Nc1cccc(I)c1)C1CCCN(C(=O)CCOc2ccccc2)C1. The summed E-state index contributed by atoms with van der Waals surface area (Å²) in [4.78, 5) is 26.8. The third-order valence-corrected chi connectivity index (χ3v) is 5.24. The Morgan fingerprint density at radius 2 is 1.96 bits per heavy atom. The van der Waals surface area contributed by atoms with Crippen LogP contribution in [0.4, 0.5) is 5.69 Å². The molecule has 0 saturated carbocycles. The molecule has 0 bridgehead atoms. The smallest absolute Gasteiger partial charge is 0.229 e. The third kappa shape index (κ3) is 5.95. The monoisotopic (exact) mass is 478 g/mol. The highest BCUT2D eigenvalue weighted by Crippen LogP contribution is 2.20. The highest BCUT2D eigenvalue weighted by molar-refractivity contribution is 14.1. The van der Waals surface area contributed by atoms with Crippen molar-refractivity contribution in [2.75, 3.05) is 25.0 Å². The summed E-state index contributed by atoms with van der Waals surface area (Å²) >= 11 is 2.22. The van der Waals surface area contributed by atoms with Gasteiger partial charge in [-0.15, -0.1) is 0 Å². The van der Waals surface area contributed by atoms with Crippen molar-refractivity contribution in [2.24, 2.45) is 5.92 Å². The molecular weight excluding hydrogens is 455 g/mol. The van der Waals surface area contributed by atoms with Crippen LogP contribution in [0.15, 0.2) is 54.6 Å². The van der Waals surface area contributed by atoms with Crippen LogP contribution in [0.1, 0.15) is 19.3 Å². The van der Waals surface area contributed by atoms with E-state index >= 15 is 0 Å². The molecule has 1 aliphatic rings. The average molecular weight is 478 g/mol. The number of carbonyl (C=O) groups is 2. The number of ether oxygens (including phenoxy) is 1. The van der Waals surface area contributed by atoms with Crippen LogP contribution in [-0.4, -0.2) is 36.4 Å². The first-order valence-corrected chi connectivity index (χ1v) is 10.2. The van der Waals surface area contributed by atoms with Gasteiger partial charge in [0.15, 0.2) is 0 Å². The van der Waals surface area contributed by atoms with Gasteiger partial charge >= 0.3 is 0 Å². The highest BCUT2D eigenvalue weighted by atomic mass is 127. The number of hydrogen-bond acceptors (Lipinski definition) is 3. The summed E-state index contributed by atoms with van der Waals surface area (Å²) in [5.74, 6) is 0.613. The molecule has 0 radical (unpaired) electrons. The minimum Gasteiger partial charge on any atom is -0.493 e. The van der Waals surface area contributed by atoms with E-state index in [1.54, 1.807) is 4.90 Å². The predicted octanol–water partition coefficient (Wildman–Crippen LogP) is 3.94. The number of carbonyl (C=O) groups excluding carboxylic acids is 2. The van der Waals surface area contributed by atoms with Gasteiger partial charge in [-0.2, -0.15) is 0 Å². The van der Waals surface area contributed by atoms with E-state index in [1.807, 2.05) is 54.6 Å². The summed E-state index contributed by atoms with van der Waals surface area (Å²) in [7, 11) is 0. The van der Waals surface area contributed by atoms with Gasteiger partial charge in [0.05, 0.1) is 18.9 Å². The Kier molecular flexibility index (Phi) is 7.09. The lowest BCUT2D eigenvalue weighted by atomic mass is 9.96. The number of anilines is 1. The van der Waals surface area contributed by atoms with Gasteiger partial charge in [-0.3, -0.25) is 9.59 Å². The zero-order valence-corrected chi connectivity index (χ0v) is 17.2. The van der Waals surface area contributed by atoms with Crippen molar-refractivity contribution < 1.29 is 14.3 Å². The molecule has 6 heteroatoms. The van der Waals surface area contributed by atoms with Gasteiger partial charge in [0.1, 0.15) is 5.75 Å². The van der Waals surface area contributed by atoms with Gasteiger partial charge in [-0.05, 0) is 65.8 Å². The summed E-state index contributed by atoms with van der Waals surface area (Å²) in [6, 6.07) is 17.2. The lowest BCUT2D eigenvalue weighted by Gasteiger charge is -2.32. The van der Waals surface area contributed by atoms with Crippen LogP contribution in [0, 0.1) is 9.49 Å². The Bertz CT molecular complexity index is 782. The van der Waals surface area contributed by atoms with E-state index in [1.165, 1.54) is 0 Å². The molecule has 1 saturated heterocycles. The topological polar surface area (TPSA) is 58.6 Å². The molecule has 1 aliphatic heterocycles. The summed E-state index contributed by atoms with van der Waals surface area (Å²) in [5.41, 5.74) is 0.798. The molecule has 2 amide bonds. The van der Waals surface area contributed by atoms with E-state index in [0.717, 1.165) is 27.8 Å². The van der Waals surface area contributed by atoms with Crippen LogP contribution in [-0.2, 0) is 9.59 Å². The molecule has 0 spiro atoms. The second-order valence-electron chi connectivity index (χ2n) is 6.59. The Labute approximate surface area is 173 Å². The minimum atomic E-state index is -0.171. The molecule has 1 unspecified atom stereocenters. The van der Waals surface area contributed by atoms with Gasteiger partial charge in [0, 0.05) is 22.3 Å². The second-order valence-corrected chi connectivity index (χ2v) is 7.84. The fourth-order valence-electron chi connectivity index (χ4n) is 3.16. The van der Waals surface area contributed by atoms with Gasteiger partial charge in [0.2, 0.25) is 11.8 Å². The van der Waals surface area contributed by atoms with Gasteiger partial charge in [-0.1, -0.05) is 24.3 Å². The molecule has 1 atom stereocenters. The van der Waals surface area contributed by atoms with Crippen molar-refractivity contribution in [3.63, 3.8) is 0 Å². The van der Waals surface area contributed by atoms with E-state index in [4.69, 9.17) is 4.74 Å². The van der Waals surface area contributed by atoms with E-state index in [0.29, 0.717) is 26.1 Å². The van der Waals surface area contributed by atoms with E-state index in [-0.39, 0.29) is 17.7 Å². The molecule has 0 aromatic heterocycles. The number of hydrogen-bond donors (Lipinski definition) is 1. The van der Waals surface area contributed by atoms with E-state index in [2.05, 4.69) is 27.9 Å². The summed E-state index contributed by atoms with van der Waals surface area (Å²) in [6.07, 6.45) is 1.97. The average Bonchev–Trinajstić information content (AvgIpc) is 2.69. The molecular formula is C21H23IN2O3. The largest absolute Gasteiger partial charge is 0.493 e. The Hall–Kier alpha value is -2.09. The number of nitrogens with zero attached hydrogens (tertiary/aromatic N) is 1. The molecule has 27 heavy (non-hydrogen) atoms. The first-order valence-electron chi connectivity index (χ1n) is 9.14. The van der Waals surface area contributed by atoms with Crippen LogP contribution in [0.25, 0.3) is 0 Å². The van der Waals surface area contributed by atoms with Crippen LogP contribution < -0.4 is 10.1 Å². The number of piperidine rings is 1. The highest BCUT2D eigenvalue weighted by Gasteiger charge is 2.28. The number of amides is 2. The van der Waals surface area contributed by atoms with E-state index in [9.17, 15) is 9.59 Å². The van der Waals surface area contributed by atoms with Gasteiger partial charge in [0.25, 0.3) is 0 Å². The quantitative estimate of drug-likeness (QED) is 0.641. The van der Waals surface area contributed by atoms with Crippen molar-refractivity contribution in [3.8, 4) is 5.75 Å². The molecule has 5 nitrogen and oxygen atoms in total. The van der Waals surface area contributed by atoms with Crippen LogP contribution in [0.3, 0.4) is 0 Å². The lowest BCUT2D eigenvalue weighted by Crippen LogP contribution is -2.44. The molecule has 1 fully saturated rings. The van der Waals surface area contributed by atoms with Crippen LogP contribution >= 0.6 is 22.6 Å². The Morgan fingerprint density at radius 1 is 1.15 bits per heavy atom. The summed E-state index contributed by atoms with van der Waals surface area (Å²) in [6.45, 7) is 1.52. The standard InChI is InChI=1S/C21H23IN2O3/c22-17-7-4-8-18(14-17)23-21(26)16-6-5-12-24(15-16)20(25)11-13-27-19-9-2-1-3-10-19/h1-4,7-10,14,16H,5-6,11-13,15H2,(H,23,26). The number of rotatable bonds is 6. The Morgan fingerprint density at radius 3 is 2.74 bits per heavy atom. The number of benzene rings is 2. The second kappa shape index (κ2) is 9.73. The van der Waals surface area contributed by atoms with E-state index < -0.39 is 0 Å². The molecule has 1 heterocycles. The summed E-state index contributed by atoms with van der Waals surface area (Å²) in [5, 5.41) is 2.97. The number of halogens is 1. The van der Waals surface area contributed by atoms with Crippen molar-refractivity contribution in [2.45, 2.75) is 19.3 Å². The van der Waals surface area contributed by atoms with Crippen molar-refractivity contribution >= 4 is 40.1 Å². The van der Waals surface area contributed by atoms with Crippen molar-refractivity contribution in [1.82, 2.24) is 4.90 Å². The molecule has 2 aromatic rings. The number of nitrogens with one attached hydrogen (secondary N) is 1. The summed E-state index contributed by atoms with van der Waals surface area (Å²) < 4.78 is 6.68. The molecule has 1 N–H and O–H groups in total. The molecule has 142 valence electrons. The predicted molar refractivity (Wildman–Crippen MR) is 114 cm³/mol. The van der Waals surface area contributed by atoms with Gasteiger partial charge < -0.3 is 15.0 Å². The van der Waals surface area contributed by atoms with Crippen molar-refractivity contribution in [1.29, 1.82) is 0 Å². The maximum Gasteiger partial charge on any atom is 0.229 e. The first-order chi connectivity index (χ1) is 13.1. The number of para-hydroxylation sites is 1. The number of likely N-dealkylation sites (tertiary alicyclic amines) is 1. The zero-order chi connectivity index (χ0) is 19.1. The Balaban J connectivity index is 1.47.